The average molecular weight is 474 g/mol. The van der Waals surface area contributed by atoms with Crippen molar-refractivity contribution in [3.8, 4) is 0 Å². The molecular formula is C26H23N3O4S. The maximum absolute atomic E-state index is 13.4. The summed E-state index contributed by atoms with van der Waals surface area (Å²) in [7, 11) is -4.08. The van der Waals surface area contributed by atoms with E-state index in [9.17, 15) is 18.0 Å². The number of benzene rings is 3. The van der Waals surface area contributed by atoms with E-state index >= 15 is 0 Å². The fourth-order valence-electron chi connectivity index (χ4n) is 3.60. The molecular weight excluding hydrogens is 450 g/mol. The van der Waals surface area contributed by atoms with Crippen molar-refractivity contribution in [2.45, 2.75) is 24.3 Å². The molecule has 172 valence electrons. The second-order valence-corrected chi connectivity index (χ2v) is 9.50. The van der Waals surface area contributed by atoms with Gasteiger partial charge in [-0.15, -0.1) is 0 Å². The first-order valence-electron chi connectivity index (χ1n) is 10.7. The van der Waals surface area contributed by atoms with E-state index in [2.05, 4.69) is 15.0 Å². The predicted molar refractivity (Wildman–Crippen MR) is 131 cm³/mol. The van der Waals surface area contributed by atoms with Crippen molar-refractivity contribution < 1.29 is 18.0 Å². The van der Waals surface area contributed by atoms with E-state index in [4.69, 9.17) is 0 Å². The molecule has 0 saturated carbocycles. The molecule has 0 fully saturated rings. The summed E-state index contributed by atoms with van der Waals surface area (Å²) in [6.45, 7) is 1.46. The largest absolute Gasteiger partial charge is 0.325 e. The molecule has 0 aliphatic carbocycles. The standard InChI is InChI=1S/C26H23N3O4S/c1-18(30)20-12-14-22(15-13-20)28-26(31)23(17-19-7-3-2-4-8-19)29-34(32,33)24-11-5-9-21-10-6-16-27-25(21)24/h2-16,23,29H,17H2,1H3,(H,28,31)/t23-/m0/s1. The van der Waals surface area contributed by atoms with E-state index in [0.717, 1.165) is 5.56 Å². The van der Waals surface area contributed by atoms with Crippen LogP contribution in [0.3, 0.4) is 0 Å². The Morgan fingerprint density at radius 1 is 0.882 bits per heavy atom. The number of hydrogen-bond acceptors (Lipinski definition) is 5. The normalized spacial score (nSPS) is 12.3. The fraction of sp³-hybridized carbons (Fsp3) is 0.115. The van der Waals surface area contributed by atoms with Gasteiger partial charge in [0.05, 0.1) is 5.52 Å². The Morgan fingerprint density at radius 2 is 1.59 bits per heavy atom. The number of rotatable bonds is 8. The lowest BCUT2D eigenvalue weighted by Crippen LogP contribution is -2.45. The Bertz CT molecular complexity index is 1430. The monoisotopic (exact) mass is 473 g/mol. The van der Waals surface area contributed by atoms with Gasteiger partial charge in [0.2, 0.25) is 15.9 Å². The van der Waals surface area contributed by atoms with Gasteiger partial charge in [-0.25, -0.2) is 8.42 Å². The first-order chi connectivity index (χ1) is 16.3. The number of para-hydroxylation sites is 1. The Hall–Kier alpha value is -3.88. The highest BCUT2D eigenvalue weighted by molar-refractivity contribution is 7.89. The Labute approximate surface area is 197 Å². The van der Waals surface area contributed by atoms with Gasteiger partial charge < -0.3 is 5.32 Å². The predicted octanol–water partition coefficient (Wildman–Crippen LogP) is 3.97. The topological polar surface area (TPSA) is 105 Å². The van der Waals surface area contributed by atoms with Crippen LogP contribution in [-0.4, -0.2) is 31.1 Å². The summed E-state index contributed by atoms with van der Waals surface area (Å²) in [6, 6.07) is 22.9. The molecule has 0 unspecified atom stereocenters. The number of carbonyl (C=O) groups excluding carboxylic acids is 2. The lowest BCUT2D eigenvalue weighted by molar-refractivity contribution is -0.117. The molecule has 8 heteroatoms. The molecule has 0 radical (unpaired) electrons. The van der Waals surface area contributed by atoms with Crippen molar-refractivity contribution >= 4 is 38.3 Å². The van der Waals surface area contributed by atoms with Crippen molar-refractivity contribution in [1.29, 1.82) is 0 Å². The fourth-order valence-corrected chi connectivity index (χ4v) is 4.97. The quantitative estimate of drug-likeness (QED) is 0.377. The molecule has 1 atom stereocenters. The number of aromatic nitrogens is 1. The number of Topliss-reactive ketones (excluding diaryl/α,β-unsaturated/α-hetero) is 1. The van der Waals surface area contributed by atoms with Crippen LogP contribution < -0.4 is 10.0 Å². The number of amides is 1. The maximum atomic E-state index is 13.4. The molecule has 0 aliphatic rings. The van der Waals surface area contributed by atoms with Gasteiger partial charge in [0.15, 0.2) is 5.78 Å². The number of anilines is 1. The minimum atomic E-state index is -4.08. The van der Waals surface area contributed by atoms with Crippen molar-refractivity contribution in [3.05, 3.63) is 102 Å². The molecule has 34 heavy (non-hydrogen) atoms. The maximum Gasteiger partial charge on any atom is 0.243 e. The van der Waals surface area contributed by atoms with Crippen molar-refractivity contribution in [1.82, 2.24) is 9.71 Å². The van der Waals surface area contributed by atoms with Gasteiger partial charge in [0.1, 0.15) is 10.9 Å². The second kappa shape index (κ2) is 9.94. The molecule has 0 spiro atoms. The SMILES string of the molecule is CC(=O)c1ccc(NC(=O)[C@H](Cc2ccccc2)NS(=O)(=O)c2cccc3cccnc23)cc1. The van der Waals surface area contributed by atoms with Crippen molar-refractivity contribution in [2.24, 2.45) is 0 Å². The molecule has 1 aromatic heterocycles. The van der Waals surface area contributed by atoms with Crippen LogP contribution >= 0.6 is 0 Å². The van der Waals surface area contributed by atoms with Gasteiger partial charge in [0, 0.05) is 22.8 Å². The lowest BCUT2D eigenvalue weighted by Gasteiger charge is -2.19. The number of nitrogens with one attached hydrogen (secondary N) is 2. The summed E-state index contributed by atoms with van der Waals surface area (Å²) in [5.41, 5.74) is 2.10. The van der Waals surface area contributed by atoms with E-state index in [1.807, 2.05) is 30.3 Å². The first kappa shape index (κ1) is 23.3. The van der Waals surface area contributed by atoms with Crippen molar-refractivity contribution in [3.63, 3.8) is 0 Å². The van der Waals surface area contributed by atoms with Crippen LogP contribution in [0.2, 0.25) is 0 Å². The van der Waals surface area contributed by atoms with Gasteiger partial charge in [-0.2, -0.15) is 4.72 Å². The highest BCUT2D eigenvalue weighted by Gasteiger charge is 2.28. The van der Waals surface area contributed by atoms with Crippen LogP contribution in [0.5, 0.6) is 0 Å². The number of hydrogen-bond donors (Lipinski definition) is 2. The van der Waals surface area contributed by atoms with Crippen LogP contribution in [0.1, 0.15) is 22.8 Å². The summed E-state index contributed by atoms with van der Waals surface area (Å²) in [6.07, 6.45) is 1.68. The Kier molecular flexibility index (Phi) is 6.81. The van der Waals surface area contributed by atoms with E-state index in [1.165, 1.54) is 19.2 Å². The van der Waals surface area contributed by atoms with Crippen LogP contribution in [0.15, 0.2) is 96.0 Å². The summed E-state index contributed by atoms with van der Waals surface area (Å²) in [4.78, 5) is 28.9. The number of pyridine rings is 1. The minimum Gasteiger partial charge on any atom is -0.325 e. The molecule has 4 aromatic rings. The van der Waals surface area contributed by atoms with Gasteiger partial charge in [-0.3, -0.25) is 14.6 Å². The second-order valence-electron chi connectivity index (χ2n) is 7.82. The summed E-state index contributed by atoms with van der Waals surface area (Å²) in [5, 5.41) is 3.43. The zero-order chi connectivity index (χ0) is 24.1. The first-order valence-corrected chi connectivity index (χ1v) is 12.1. The average Bonchev–Trinajstić information content (AvgIpc) is 2.84. The number of nitrogens with zero attached hydrogens (tertiary/aromatic N) is 1. The molecule has 3 aromatic carbocycles. The molecule has 0 bridgehead atoms. The molecule has 0 aliphatic heterocycles. The Balaban J connectivity index is 1.64. The van der Waals surface area contributed by atoms with E-state index < -0.39 is 22.0 Å². The number of fused-ring (bicyclic) bond motifs is 1. The third-order valence-electron chi connectivity index (χ3n) is 5.34. The smallest absolute Gasteiger partial charge is 0.243 e. The summed E-state index contributed by atoms with van der Waals surface area (Å²) in [5.74, 6) is -0.604. The van der Waals surface area contributed by atoms with Crippen molar-refractivity contribution in [2.75, 3.05) is 5.32 Å². The summed E-state index contributed by atoms with van der Waals surface area (Å²) >= 11 is 0. The number of carbonyl (C=O) groups is 2. The van der Waals surface area contributed by atoms with Crippen LogP contribution in [0.25, 0.3) is 10.9 Å². The third kappa shape index (κ3) is 5.36. The minimum absolute atomic E-state index is 0.00210. The van der Waals surface area contributed by atoms with Crippen LogP contribution in [0.4, 0.5) is 5.69 Å². The third-order valence-corrected chi connectivity index (χ3v) is 6.84. The molecule has 1 amide bonds. The Morgan fingerprint density at radius 3 is 2.29 bits per heavy atom. The van der Waals surface area contributed by atoms with E-state index in [1.54, 1.807) is 48.5 Å². The van der Waals surface area contributed by atoms with E-state index in [-0.39, 0.29) is 17.1 Å². The summed E-state index contributed by atoms with van der Waals surface area (Å²) < 4.78 is 29.3. The van der Waals surface area contributed by atoms with E-state index in [0.29, 0.717) is 22.2 Å². The lowest BCUT2D eigenvalue weighted by atomic mass is 10.1. The van der Waals surface area contributed by atoms with Gasteiger partial charge in [-0.05, 0) is 55.3 Å². The zero-order valence-corrected chi connectivity index (χ0v) is 19.2. The highest BCUT2D eigenvalue weighted by atomic mass is 32.2. The van der Waals surface area contributed by atoms with Gasteiger partial charge in [0.25, 0.3) is 0 Å². The number of ketones is 1. The van der Waals surface area contributed by atoms with Gasteiger partial charge >= 0.3 is 0 Å². The number of sulfonamides is 1. The molecule has 0 saturated heterocycles. The van der Waals surface area contributed by atoms with Crippen LogP contribution in [-0.2, 0) is 21.2 Å². The van der Waals surface area contributed by atoms with Gasteiger partial charge in [-0.1, -0.05) is 48.5 Å². The molecule has 7 nitrogen and oxygen atoms in total. The highest BCUT2D eigenvalue weighted by Crippen LogP contribution is 2.21. The molecule has 4 rings (SSSR count). The van der Waals surface area contributed by atoms with Crippen LogP contribution in [0, 0.1) is 0 Å². The molecule has 1 heterocycles. The zero-order valence-electron chi connectivity index (χ0n) is 18.4. The molecule has 2 N–H and O–H groups in total.